The zero-order chi connectivity index (χ0) is 12.8. The molecule has 0 bridgehead atoms. The molecule has 1 N–H and O–H groups in total. The summed E-state index contributed by atoms with van der Waals surface area (Å²) in [4.78, 5) is 10.9. The highest BCUT2D eigenvalue weighted by Gasteiger charge is 2.15. The summed E-state index contributed by atoms with van der Waals surface area (Å²) in [7, 11) is 0. The molecule has 2 rings (SSSR count). The van der Waals surface area contributed by atoms with Crippen LogP contribution in [0.15, 0.2) is 34.5 Å². The number of amidine groups is 1. The van der Waals surface area contributed by atoms with E-state index in [1.807, 2.05) is 12.1 Å². The highest BCUT2D eigenvalue weighted by Crippen LogP contribution is 2.09. The number of rotatable bonds is 4. The lowest BCUT2D eigenvalue weighted by Gasteiger charge is -1.98. The number of benzene rings is 1. The van der Waals surface area contributed by atoms with Crippen molar-refractivity contribution in [1.29, 1.82) is 0 Å². The first-order chi connectivity index (χ1) is 8.78. The van der Waals surface area contributed by atoms with Crippen molar-refractivity contribution in [3.63, 3.8) is 0 Å². The molecule has 0 aromatic heterocycles. The summed E-state index contributed by atoms with van der Waals surface area (Å²) in [6, 6.07) is 8.25. The first kappa shape index (κ1) is 12.8. The molecule has 1 saturated heterocycles. The lowest BCUT2D eigenvalue weighted by molar-refractivity contribution is -0.116. The molecule has 1 amide bonds. The second-order valence-electron chi connectivity index (χ2n) is 3.98. The van der Waals surface area contributed by atoms with Gasteiger partial charge in [-0.1, -0.05) is 49.4 Å². The highest BCUT2D eigenvalue weighted by atomic mass is 32.2. The van der Waals surface area contributed by atoms with Gasteiger partial charge in [0.15, 0.2) is 5.17 Å². The van der Waals surface area contributed by atoms with Crippen LogP contribution in [0, 0.1) is 0 Å². The summed E-state index contributed by atoms with van der Waals surface area (Å²) >= 11 is 1.37. The molecule has 0 saturated carbocycles. The molecule has 0 atom stereocenters. The van der Waals surface area contributed by atoms with Gasteiger partial charge in [-0.2, -0.15) is 5.10 Å². The highest BCUT2D eigenvalue weighted by molar-refractivity contribution is 8.15. The molecule has 18 heavy (non-hydrogen) atoms. The Balaban J connectivity index is 1.94. The topological polar surface area (TPSA) is 53.8 Å². The van der Waals surface area contributed by atoms with Crippen molar-refractivity contribution in [3.05, 3.63) is 35.4 Å². The summed E-state index contributed by atoms with van der Waals surface area (Å²) in [5.41, 5.74) is 2.34. The molecular weight excluding hydrogens is 246 g/mol. The summed E-state index contributed by atoms with van der Waals surface area (Å²) in [6.45, 7) is 2.17. The summed E-state index contributed by atoms with van der Waals surface area (Å²) in [5, 5.41) is 11.1. The molecule has 5 heteroatoms. The number of aryl methyl sites for hydroxylation is 1. The number of amides is 1. The molecule has 1 heterocycles. The van der Waals surface area contributed by atoms with Crippen LogP contribution in [0.3, 0.4) is 0 Å². The Morgan fingerprint density at radius 2 is 2.17 bits per heavy atom. The van der Waals surface area contributed by atoms with Crippen LogP contribution in [0.2, 0.25) is 0 Å². The van der Waals surface area contributed by atoms with E-state index in [1.54, 1.807) is 6.21 Å². The smallest absolute Gasteiger partial charge is 0.236 e. The fourth-order valence-electron chi connectivity index (χ4n) is 1.59. The first-order valence-electron chi connectivity index (χ1n) is 5.90. The standard InChI is InChI=1S/C13H15N3OS/c1-2-3-10-4-6-11(7-5-10)8-14-16-13-15-12(17)9-18-13/h4-8H,2-3,9H2,1H3,(H,15,16,17). The molecule has 1 aliphatic rings. The van der Waals surface area contributed by atoms with E-state index >= 15 is 0 Å². The fraction of sp³-hybridized carbons (Fsp3) is 0.308. The van der Waals surface area contributed by atoms with Crippen molar-refractivity contribution < 1.29 is 4.79 Å². The number of hydrogen-bond acceptors (Lipinski definition) is 4. The van der Waals surface area contributed by atoms with E-state index < -0.39 is 0 Å². The Morgan fingerprint density at radius 3 is 2.78 bits per heavy atom. The van der Waals surface area contributed by atoms with E-state index in [9.17, 15) is 4.79 Å². The van der Waals surface area contributed by atoms with Gasteiger partial charge in [0, 0.05) is 0 Å². The molecular formula is C13H15N3OS. The maximum absolute atomic E-state index is 10.9. The monoisotopic (exact) mass is 261 g/mol. The van der Waals surface area contributed by atoms with Gasteiger partial charge < -0.3 is 5.32 Å². The van der Waals surface area contributed by atoms with Gasteiger partial charge in [0.1, 0.15) is 0 Å². The lowest BCUT2D eigenvalue weighted by Crippen LogP contribution is -2.19. The van der Waals surface area contributed by atoms with Crippen LogP contribution >= 0.6 is 11.8 Å². The van der Waals surface area contributed by atoms with Gasteiger partial charge >= 0.3 is 0 Å². The van der Waals surface area contributed by atoms with Crippen LogP contribution in [-0.2, 0) is 11.2 Å². The minimum atomic E-state index is -0.0159. The molecule has 1 aromatic carbocycles. The van der Waals surface area contributed by atoms with Crippen molar-refractivity contribution in [1.82, 2.24) is 5.32 Å². The molecule has 0 spiro atoms. The van der Waals surface area contributed by atoms with E-state index in [1.165, 1.54) is 17.3 Å². The van der Waals surface area contributed by atoms with Crippen LogP contribution in [0.1, 0.15) is 24.5 Å². The van der Waals surface area contributed by atoms with E-state index in [2.05, 4.69) is 34.6 Å². The molecule has 1 aliphatic heterocycles. The Labute approximate surface area is 111 Å². The summed E-state index contributed by atoms with van der Waals surface area (Å²) < 4.78 is 0. The normalized spacial score (nSPS) is 17.6. The van der Waals surface area contributed by atoms with Gasteiger partial charge in [0.05, 0.1) is 12.0 Å². The van der Waals surface area contributed by atoms with Gasteiger partial charge in [-0.15, -0.1) is 5.10 Å². The quantitative estimate of drug-likeness (QED) is 0.667. The molecule has 0 radical (unpaired) electrons. The van der Waals surface area contributed by atoms with Crippen molar-refractivity contribution >= 4 is 29.1 Å². The Hall–Kier alpha value is -1.62. The van der Waals surface area contributed by atoms with Gasteiger partial charge in [0.25, 0.3) is 0 Å². The summed E-state index contributed by atoms with van der Waals surface area (Å²) in [5.74, 6) is 0.415. The van der Waals surface area contributed by atoms with Gasteiger partial charge in [-0.3, -0.25) is 4.79 Å². The van der Waals surface area contributed by atoms with E-state index in [0.717, 1.165) is 18.4 Å². The van der Waals surface area contributed by atoms with Crippen molar-refractivity contribution in [2.24, 2.45) is 10.2 Å². The SMILES string of the molecule is CCCc1ccc(C=NN=C2NC(=O)CS2)cc1. The third-order valence-corrected chi connectivity index (χ3v) is 3.32. The Morgan fingerprint density at radius 1 is 1.39 bits per heavy atom. The minimum Gasteiger partial charge on any atom is -0.303 e. The minimum absolute atomic E-state index is 0.0159. The van der Waals surface area contributed by atoms with Gasteiger partial charge in [-0.05, 0) is 17.5 Å². The fourth-order valence-corrected chi connectivity index (χ4v) is 2.22. The van der Waals surface area contributed by atoms with Crippen LogP contribution in [0.25, 0.3) is 0 Å². The third-order valence-electron chi connectivity index (χ3n) is 2.46. The first-order valence-corrected chi connectivity index (χ1v) is 6.89. The van der Waals surface area contributed by atoms with Crippen molar-refractivity contribution in [2.75, 3.05) is 5.75 Å². The average molecular weight is 261 g/mol. The molecule has 1 aromatic rings. The number of thioether (sulfide) groups is 1. The number of hydrogen-bond donors (Lipinski definition) is 1. The predicted molar refractivity (Wildman–Crippen MR) is 76.1 cm³/mol. The number of nitrogens with zero attached hydrogens (tertiary/aromatic N) is 2. The van der Waals surface area contributed by atoms with Crippen LogP contribution in [-0.4, -0.2) is 23.0 Å². The zero-order valence-electron chi connectivity index (χ0n) is 10.2. The molecule has 94 valence electrons. The molecule has 0 aliphatic carbocycles. The van der Waals surface area contributed by atoms with Gasteiger partial charge in [-0.25, -0.2) is 0 Å². The van der Waals surface area contributed by atoms with Crippen molar-refractivity contribution in [3.8, 4) is 0 Å². The van der Waals surface area contributed by atoms with E-state index in [-0.39, 0.29) is 5.91 Å². The average Bonchev–Trinajstić information content (AvgIpc) is 2.78. The van der Waals surface area contributed by atoms with Crippen LogP contribution < -0.4 is 5.32 Å². The Kier molecular flexibility index (Phi) is 4.52. The number of carbonyl (C=O) groups excluding carboxylic acids is 1. The molecule has 1 fully saturated rings. The largest absolute Gasteiger partial charge is 0.303 e. The molecule has 0 unspecified atom stereocenters. The zero-order valence-corrected chi connectivity index (χ0v) is 11.0. The van der Waals surface area contributed by atoms with E-state index in [4.69, 9.17) is 0 Å². The van der Waals surface area contributed by atoms with Crippen LogP contribution in [0.4, 0.5) is 0 Å². The predicted octanol–water partition coefficient (Wildman–Crippen LogP) is 2.19. The molecule has 4 nitrogen and oxygen atoms in total. The third kappa shape index (κ3) is 3.70. The number of carbonyl (C=O) groups is 1. The van der Waals surface area contributed by atoms with Gasteiger partial charge in [0.2, 0.25) is 5.91 Å². The lowest BCUT2D eigenvalue weighted by atomic mass is 10.1. The van der Waals surface area contributed by atoms with Crippen LogP contribution in [0.5, 0.6) is 0 Å². The second-order valence-corrected chi connectivity index (χ2v) is 4.94. The summed E-state index contributed by atoms with van der Waals surface area (Å²) in [6.07, 6.45) is 3.94. The second kappa shape index (κ2) is 6.35. The van der Waals surface area contributed by atoms with Crippen molar-refractivity contribution in [2.45, 2.75) is 19.8 Å². The maximum Gasteiger partial charge on any atom is 0.236 e. The maximum atomic E-state index is 10.9. The van der Waals surface area contributed by atoms with E-state index in [0.29, 0.717) is 10.9 Å². The number of nitrogens with one attached hydrogen (secondary N) is 1. The Bertz CT molecular complexity index is 480.